The number of para-hydroxylation sites is 1. The van der Waals surface area contributed by atoms with Gasteiger partial charge in [-0.3, -0.25) is 4.90 Å². The van der Waals surface area contributed by atoms with E-state index in [4.69, 9.17) is 9.47 Å². The van der Waals surface area contributed by atoms with Gasteiger partial charge in [0.1, 0.15) is 0 Å². The molecular weight excluding hydrogens is 250 g/mol. The zero-order valence-electron chi connectivity index (χ0n) is 12.2. The standard InChI is InChI=1S/C17H23NO2/c1-19-15-8-4-6-13-12-14-7-5-11-18-10-3-2-9-17(14,18)20-16(13)15/h4,6,8,14H,2-3,5,7,9-12H2,1H3. The first kappa shape index (κ1) is 12.5. The van der Waals surface area contributed by atoms with Crippen molar-refractivity contribution in [3.8, 4) is 11.5 Å². The molecule has 4 rings (SSSR count). The second-order valence-electron chi connectivity index (χ2n) is 6.38. The quantitative estimate of drug-likeness (QED) is 0.784. The summed E-state index contributed by atoms with van der Waals surface area (Å²) in [5, 5.41) is 0. The summed E-state index contributed by atoms with van der Waals surface area (Å²) in [6.07, 6.45) is 7.54. The van der Waals surface area contributed by atoms with Crippen molar-refractivity contribution in [1.82, 2.24) is 4.90 Å². The molecule has 2 unspecified atom stereocenters. The normalized spacial score (nSPS) is 32.5. The van der Waals surface area contributed by atoms with E-state index in [0.29, 0.717) is 5.92 Å². The molecule has 0 aliphatic carbocycles. The Morgan fingerprint density at radius 3 is 3.05 bits per heavy atom. The van der Waals surface area contributed by atoms with Crippen LogP contribution in [0.4, 0.5) is 0 Å². The Morgan fingerprint density at radius 2 is 2.15 bits per heavy atom. The van der Waals surface area contributed by atoms with Crippen molar-refractivity contribution in [3.05, 3.63) is 23.8 Å². The van der Waals surface area contributed by atoms with Crippen LogP contribution in [0.15, 0.2) is 18.2 Å². The van der Waals surface area contributed by atoms with Gasteiger partial charge in [-0.25, -0.2) is 0 Å². The zero-order chi connectivity index (χ0) is 13.6. The second-order valence-corrected chi connectivity index (χ2v) is 6.38. The molecule has 0 aromatic heterocycles. The molecule has 0 bridgehead atoms. The number of fused-ring (bicyclic) bond motifs is 1. The van der Waals surface area contributed by atoms with E-state index in [2.05, 4.69) is 17.0 Å². The Balaban J connectivity index is 1.78. The largest absolute Gasteiger partial charge is 0.493 e. The predicted octanol–water partition coefficient (Wildman–Crippen LogP) is 3.22. The first-order valence-electron chi connectivity index (χ1n) is 7.93. The van der Waals surface area contributed by atoms with Crippen molar-refractivity contribution in [2.24, 2.45) is 5.92 Å². The molecule has 0 radical (unpaired) electrons. The highest BCUT2D eigenvalue weighted by Gasteiger charge is 2.52. The summed E-state index contributed by atoms with van der Waals surface area (Å²) in [5.41, 5.74) is 1.28. The monoisotopic (exact) mass is 273 g/mol. The molecule has 2 atom stereocenters. The summed E-state index contributed by atoms with van der Waals surface area (Å²) in [7, 11) is 1.74. The number of hydrogen-bond donors (Lipinski definition) is 0. The van der Waals surface area contributed by atoms with Gasteiger partial charge in [0.05, 0.1) is 7.11 Å². The molecule has 0 saturated carbocycles. The summed E-state index contributed by atoms with van der Waals surface area (Å²) in [6.45, 7) is 2.39. The topological polar surface area (TPSA) is 21.7 Å². The maximum absolute atomic E-state index is 6.65. The minimum Gasteiger partial charge on any atom is -0.493 e. The molecule has 2 fully saturated rings. The third-order valence-electron chi connectivity index (χ3n) is 5.39. The maximum atomic E-state index is 6.65. The van der Waals surface area contributed by atoms with E-state index in [9.17, 15) is 0 Å². The number of rotatable bonds is 1. The summed E-state index contributed by atoms with van der Waals surface area (Å²) in [4.78, 5) is 2.61. The van der Waals surface area contributed by atoms with Crippen molar-refractivity contribution >= 4 is 0 Å². The van der Waals surface area contributed by atoms with Gasteiger partial charge in [0.25, 0.3) is 0 Å². The highest BCUT2D eigenvalue weighted by Crippen LogP contribution is 2.50. The Kier molecular flexibility index (Phi) is 2.92. The minimum absolute atomic E-state index is 0.0435. The van der Waals surface area contributed by atoms with Gasteiger partial charge in [-0.05, 0) is 43.7 Å². The fourth-order valence-corrected chi connectivity index (χ4v) is 4.45. The first-order valence-corrected chi connectivity index (χ1v) is 7.93. The van der Waals surface area contributed by atoms with Crippen LogP contribution in [0.25, 0.3) is 0 Å². The van der Waals surface area contributed by atoms with E-state index in [1.165, 1.54) is 50.8 Å². The lowest BCUT2D eigenvalue weighted by atomic mass is 9.75. The van der Waals surface area contributed by atoms with Crippen LogP contribution >= 0.6 is 0 Å². The van der Waals surface area contributed by atoms with Gasteiger partial charge in [-0.1, -0.05) is 12.1 Å². The van der Waals surface area contributed by atoms with Crippen molar-refractivity contribution in [3.63, 3.8) is 0 Å². The molecule has 2 saturated heterocycles. The second kappa shape index (κ2) is 4.66. The van der Waals surface area contributed by atoms with Gasteiger partial charge in [0, 0.05) is 25.4 Å². The van der Waals surface area contributed by atoms with Crippen LogP contribution in [-0.2, 0) is 6.42 Å². The van der Waals surface area contributed by atoms with E-state index in [-0.39, 0.29) is 5.72 Å². The van der Waals surface area contributed by atoms with Gasteiger partial charge in [-0.2, -0.15) is 0 Å². The minimum atomic E-state index is -0.0435. The average Bonchev–Trinajstić information content (AvgIpc) is 2.50. The van der Waals surface area contributed by atoms with Crippen LogP contribution in [0.3, 0.4) is 0 Å². The fraction of sp³-hybridized carbons (Fsp3) is 0.647. The van der Waals surface area contributed by atoms with Gasteiger partial charge >= 0.3 is 0 Å². The van der Waals surface area contributed by atoms with E-state index in [1.54, 1.807) is 7.11 Å². The molecular formula is C17H23NO2. The van der Waals surface area contributed by atoms with Gasteiger partial charge in [0.2, 0.25) is 0 Å². The zero-order valence-corrected chi connectivity index (χ0v) is 12.2. The van der Waals surface area contributed by atoms with Crippen LogP contribution in [0.2, 0.25) is 0 Å². The summed E-state index contributed by atoms with van der Waals surface area (Å²) < 4.78 is 12.2. The third kappa shape index (κ3) is 1.69. The van der Waals surface area contributed by atoms with Crippen molar-refractivity contribution in [1.29, 1.82) is 0 Å². The Hall–Kier alpha value is -1.22. The number of methoxy groups -OCH3 is 1. The van der Waals surface area contributed by atoms with E-state index in [1.807, 2.05) is 6.07 Å². The fourth-order valence-electron chi connectivity index (χ4n) is 4.45. The van der Waals surface area contributed by atoms with Gasteiger partial charge in [-0.15, -0.1) is 0 Å². The van der Waals surface area contributed by atoms with Crippen molar-refractivity contribution in [2.75, 3.05) is 20.2 Å². The highest BCUT2D eigenvalue weighted by atomic mass is 16.5. The summed E-state index contributed by atoms with van der Waals surface area (Å²) in [6, 6.07) is 6.30. The molecule has 108 valence electrons. The van der Waals surface area contributed by atoms with Crippen LogP contribution in [0.1, 0.15) is 37.7 Å². The molecule has 0 N–H and O–H groups in total. The molecule has 1 aromatic rings. The van der Waals surface area contributed by atoms with E-state index >= 15 is 0 Å². The Labute approximate surface area is 120 Å². The number of ether oxygens (including phenoxy) is 2. The summed E-state index contributed by atoms with van der Waals surface area (Å²) in [5.74, 6) is 2.54. The number of nitrogens with zero attached hydrogens (tertiary/aromatic N) is 1. The van der Waals surface area contributed by atoms with E-state index in [0.717, 1.165) is 17.9 Å². The van der Waals surface area contributed by atoms with Gasteiger partial charge < -0.3 is 9.47 Å². The summed E-state index contributed by atoms with van der Waals surface area (Å²) >= 11 is 0. The molecule has 1 spiro atoms. The lowest BCUT2D eigenvalue weighted by Crippen LogP contribution is -2.64. The van der Waals surface area contributed by atoms with E-state index < -0.39 is 0 Å². The van der Waals surface area contributed by atoms with Crippen molar-refractivity contribution < 1.29 is 9.47 Å². The molecule has 3 heterocycles. The van der Waals surface area contributed by atoms with Gasteiger partial charge in [0.15, 0.2) is 17.2 Å². The number of benzene rings is 1. The molecule has 1 aromatic carbocycles. The predicted molar refractivity (Wildman–Crippen MR) is 78.2 cm³/mol. The Bertz CT molecular complexity index is 514. The molecule has 3 aliphatic rings. The Morgan fingerprint density at radius 1 is 1.25 bits per heavy atom. The maximum Gasteiger partial charge on any atom is 0.167 e. The van der Waals surface area contributed by atoms with Crippen LogP contribution in [0.5, 0.6) is 11.5 Å². The van der Waals surface area contributed by atoms with Crippen LogP contribution in [0, 0.1) is 5.92 Å². The highest BCUT2D eigenvalue weighted by molar-refractivity contribution is 5.48. The molecule has 20 heavy (non-hydrogen) atoms. The molecule has 0 amide bonds. The van der Waals surface area contributed by atoms with Crippen LogP contribution < -0.4 is 9.47 Å². The first-order chi connectivity index (χ1) is 9.83. The molecule has 3 heteroatoms. The van der Waals surface area contributed by atoms with Crippen LogP contribution in [-0.4, -0.2) is 30.8 Å². The molecule has 3 aliphatic heterocycles. The molecule has 3 nitrogen and oxygen atoms in total. The lowest BCUT2D eigenvalue weighted by Gasteiger charge is -2.56. The number of piperidine rings is 2. The number of hydrogen-bond acceptors (Lipinski definition) is 3. The smallest absolute Gasteiger partial charge is 0.167 e. The lowest BCUT2D eigenvalue weighted by molar-refractivity contribution is -0.178. The van der Waals surface area contributed by atoms with Crippen molar-refractivity contribution in [2.45, 2.75) is 44.2 Å². The average molecular weight is 273 g/mol. The third-order valence-corrected chi connectivity index (χ3v) is 5.39. The SMILES string of the molecule is COc1cccc2c1OC13CCCCN1CCCC3C2.